The lowest BCUT2D eigenvalue weighted by molar-refractivity contribution is -0.143. The van der Waals surface area contributed by atoms with Crippen molar-refractivity contribution in [2.24, 2.45) is 5.92 Å². The lowest BCUT2D eigenvalue weighted by Crippen LogP contribution is -2.48. The van der Waals surface area contributed by atoms with E-state index in [1.54, 1.807) is 0 Å². The first kappa shape index (κ1) is 16.3. The minimum Gasteiger partial charge on any atom is -0.481 e. The minimum atomic E-state index is -0.812. The minimum absolute atomic E-state index is 0.0297. The summed E-state index contributed by atoms with van der Waals surface area (Å²) in [6.45, 7) is 3.59. The Hall–Kier alpha value is -1.79. The lowest BCUT2D eigenvalue weighted by Gasteiger charge is -2.27. The van der Waals surface area contributed by atoms with Crippen molar-refractivity contribution < 1.29 is 19.5 Å². The summed E-state index contributed by atoms with van der Waals surface area (Å²) in [6.07, 6.45) is 2.66. The number of hydrogen-bond donors (Lipinski definition) is 4. The average Bonchev–Trinajstić information content (AvgIpc) is 2.36. The van der Waals surface area contributed by atoms with Crippen LogP contribution < -0.4 is 16.0 Å². The number of carbonyl (C=O) groups is 3. The van der Waals surface area contributed by atoms with Crippen LogP contribution in [0.25, 0.3) is 0 Å². The number of carboxylic acid groups (broad SMARTS) is 1. The molecule has 2 atom stereocenters. The lowest BCUT2D eigenvalue weighted by atomic mass is 9.86. The van der Waals surface area contributed by atoms with E-state index in [0.29, 0.717) is 12.8 Å². The molecule has 4 N–H and O–H groups in total. The van der Waals surface area contributed by atoms with Crippen molar-refractivity contribution in [3.05, 3.63) is 0 Å². The van der Waals surface area contributed by atoms with Crippen molar-refractivity contribution in [2.75, 3.05) is 6.54 Å². The van der Waals surface area contributed by atoms with Crippen molar-refractivity contribution in [1.29, 1.82) is 0 Å². The number of carbonyl (C=O) groups excluding carboxylic acids is 2. The summed E-state index contributed by atoms with van der Waals surface area (Å²) in [5.74, 6) is -1.45. The van der Waals surface area contributed by atoms with Crippen molar-refractivity contribution in [3.63, 3.8) is 0 Å². The maximum atomic E-state index is 11.6. The Bertz CT molecular complexity index is 371. The van der Waals surface area contributed by atoms with Gasteiger partial charge in [-0.25, -0.2) is 4.79 Å². The quantitative estimate of drug-likeness (QED) is 0.588. The van der Waals surface area contributed by atoms with Gasteiger partial charge in [-0.15, -0.1) is 0 Å². The molecule has 7 nitrogen and oxygen atoms in total. The van der Waals surface area contributed by atoms with E-state index < -0.39 is 17.9 Å². The fourth-order valence-electron chi connectivity index (χ4n) is 2.32. The van der Waals surface area contributed by atoms with Gasteiger partial charge in [-0.2, -0.15) is 0 Å². The molecule has 0 spiro atoms. The van der Waals surface area contributed by atoms with Gasteiger partial charge in [0.25, 0.3) is 0 Å². The molecule has 0 bridgehead atoms. The zero-order valence-corrected chi connectivity index (χ0v) is 11.9. The van der Waals surface area contributed by atoms with Crippen molar-refractivity contribution in [1.82, 2.24) is 16.0 Å². The summed E-state index contributed by atoms with van der Waals surface area (Å²) < 4.78 is 0. The standard InChI is InChI=1S/C13H23N3O4/c1-8(2)15-11(17)7-14-13(20)16-10-5-3-4-9(6-10)12(18)19/h8-10H,3-7H2,1-2H3,(H,15,17)(H,18,19)(H2,14,16,20). The van der Waals surface area contributed by atoms with Crippen LogP contribution in [0.5, 0.6) is 0 Å². The van der Waals surface area contributed by atoms with Crippen LogP contribution in [0.2, 0.25) is 0 Å². The summed E-state index contributed by atoms with van der Waals surface area (Å²) in [6, 6.07) is -0.542. The van der Waals surface area contributed by atoms with Gasteiger partial charge in [0.1, 0.15) is 0 Å². The van der Waals surface area contributed by atoms with Gasteiger partial charge < -0.3 is 21.1 Å². The molecule has 20 heavy (non-hydrogen) atoms. The fourth-order valence-corrected chi connectivity index (χ4v) is 2.32. The molecule has 0 aromatic carbocycles. The van der Waals surface area contributed by atoms with E-state index in [9.17, 15) is 14.4 Å². The van der Waals surface area contributed by atoms with Crippen LogP contribution in [0.15, 0.2) is 0 Å². The summed E-state index contributed by atoms with van der Waals surface area (Å²) >= 11 is 0. The van der Waals surface area contributed by atoms with Crippen LogP contribution in [0.4, 0.5) is 4.79 Å². The summed E-state index contributed by atoms with van der Waals surface area (Å²) in [5, 5.41) is 16.8. The molecule has 1 rings (SSSR count). The molecule has 3 amide bonds. The Morgan fingerprint density at radius 2 is 1.95 bits per heavy atom. The predicted molar refractivity (Wildman–Crippen MR) is 73.2 cm³/mol. The van der Waals surface area contributed by atoms with Crippen molar-refractivity contribution >= 4 is 17.9 Å². The van der Waals surface area contributed by atoms with Gasteiger partial charge in [0.15, 0.2) is 0 Å². The molecule has 1 saturated carbocycles. The van der Waals surface area contributed by atoms with E-state index in [4.69, 9.17) is 5.11 Å². The third-order valence-electron chi connectivity index (χ3n) is 3.22. The number of amides is 3. The highest BCUT2D eigenvalue weighted by Crippen LogP contribution is 2.24. The average molecular weight is 285 g/mol. The first-order chi connectivity index (χ1) is 9.38. The van der Waals surface area contributed by atoms with Gasteiger partial charge in [0.2, 0.25) is 5.91 Å². The molecule has 7 heteroatoms. The van der Waals surface area contributed by atoms with Gasteiger partial charge in [-0.3, -0.25) is 9.59 Å². The summed E-state index contributed by atoms with van der Waals surface area (Å²) in [7, 11) is 0. The fraction of sp³-hybridized carbons (Fsp3) is 0.769. The van der Waals surface area contributed by atoms with Crippen LogP contribution in [0.1, 0.15) is 39.5 Å². The molecule has 0 aromatic rings. The molecule has 0 radical (unpaired) electrons. The maximum absolute atomic E-state index is 11.6. The van der Waals surface area contributed by atoms with Crippen LogP contribution in [-0.2, 0) is 9.59 Å². The molecular weight excluding hydrogens is 262 g/mol. The van der Waals surface area contributed by atoms with Crippen LogP contribution in [-0.4, -0.2) is 41.6 Å². The Kier molecular flexibility index (Phi) is 6.27. The van der Waals surface area contributed by atoms with Crippen LogP contribution in [0.3, 0.4) is 0 Å². The van der Waals surface area contributed by atoms with Crippen LogP contribution >= 0.6 is 0 Å². The highest BCUT2D eigenvalue weighted by atomic mass is 16.4. The topological polar surface area (TPSA) is 108 Å². The first-order valence-corrected chi connectivity index (χ1v) is 6.95. The van der Waals surface area contributed by atoms with Gasteiger partial charge in [-0.05, 0) is 33.1 Å². The molecule has 0 saturated heterocycles. The molecule has 0 aliphatic heterocycles. The third kappa shape index (κ3) is 5.90. The zero-order valence-electron chi connectivity index (χ0n) is 11.9. The summed E-state index contributed by atoms with van der Waals surface area (Å²) in [4.78, 5) is 33.9. The molecular formula is C13H23N3O4. The SMILES string of the molecule is CC(C)NC(=O)CNC(=O)NC1CCCC(C(=O)O)C1. The molecule has 0 heterocycles. The highest BCUT2D eigenvalue weighted by molar-refractivity contribution is 5.84. The number of aliphatic carboxylic acids is 1. The van der Waals surface area contributed by atoms with E-state index >= 15 is 0 Å². The van der Waals surface area contributed by atoms with Gasteiger partial charge >= 0.3 is 12.0 Å². The number of nitrogens with one attached hydrogen (secondary N) is 3. The maximum Gasteiger partial charge on any atom is 0.315 e. The van der Waals surface area contributed by atoms with Crippen molar-refractivity contribution in [3.8, 4) is 0 Å². The predicted octanol–water partition coefficient (Wildman–Crippen LogP) is 0.454. The Labute approximate surface area is 118 Å². The van der Waals surface area contributed by atoms with Gasteiger partial charge in [0.05, 0.1) is 12.5 Å². The largest absolute Gasteiger partial charge is 0.481 e. The van der Waals surface area contributed by atoms with E-state index in [1.165, 1.54) is 0 Å². The molecule has 1 aliphatic rings. The van der Waals surface area contributed by atoms with Crippen LogP contribution in [0, 0.1) is 5.92 Å². The first-order valence-electron chi connectivity index (χ1n) is 6.95. The number of rotatable bonds is 5. The molecule has 1 aliphatic carbocycles. The highest BCUT2D eigenvalue weighted by Gasteiger charge is 2.27. The summed E-state index contributed by atoms with van der Waals surface area (Å²) in [5.41, 5.74) is 0. The van der Waals surface area contributed by atoms with Gasteiger partial charge in [-0.1, -0.05) is 6.42 Å². The zero-order chi connectivity index (χ0) is 15.1. The van der Waals surface area contributed by atoms with Crippen molar-refractivity contribution in [2.45, 2.75) is 51.6 Å². The van der Waals surface area contributed by atoms with Gasteiger partial charge in [0, 0.05) is 12.1 Å². The Morgan fingerprint density at radius 3 is 2.55 bits per heavy atom. The molecule has 0 aromatic heterocycles. The van der Waals surface area contributed by atoms with E-state index in [1.807, 2.05) is 13.8 Å². The smallest absolute Gasteiger partial charge is 0.315 e. The Balaban J connectivity index is 2.28. The molecule has 114 valence electrons. The second kappa shape index (κ2) is 7.72. The monoisotopic (exact) mass is 285 g/mol. The second-order valence-corrected chi connectivity index (χ2v) is 5.45. The van der Waals surface area contributed by atoms with E-state index in [0.717, 1.165) is 12.8 Å². The van der Waals surface area contributed by atoms with E-state index in [-0.39, 0.29) is 24.5 Å². The molecule has 1 fully saturated rings. The molecule has 2 unspecified atom stereocenters. The number of carboxylic acids is 1. The normalized spacial score (nSPS) is 22.1. The number of urea groups is 1. The second-order valence-electron chi connectivity index (χ2n) is 5.45. The third-order valence-corrected chi connectivity index (χ3v) is 3.22. The van der Waals surface area contributed by atoms with E-state index in [2.05, 4.69) is 16.0 Å². The Morgan fingerprint density at radius 1 is 1.25 bits per heavy atom. The number of hydrogen-bond acceptors (Lipinski definition) is 3.